The number of likely N-dealkylation sites (N-methyl/N-ethyl adjacent to an activating group) is 1. The van der Waals surface area contributed by atoms with Crippen molar-refractivity contribution in [2.45, 2.75) is 19.6 Å². The van der Waals surface area contributed by atoms with E-state index in [1.165, 1.54) is 5.57 Å². The molecule has 76 valence electrons. The highest BCUT2D eigenvalue weighted by Crippen LogP contribution is 2.08. The third-order valence-electron chi connectivity index (χ3n) is 1.98. The molecule has 0 aromatic carbocycles. The predicted octanol–water partition coefficient (Wildman–Crippen LogP) is 1.26. The first kappa shape index (κ1) is 10.7. The van der Waals surface area contributed by atoms with Gasteiger partial charge in [-0.1, -0.05) is 12.2 Å². The summed E-state index contributed by atoms with van der Waals surface area (Å²) in [6.45, 7) is 9.35. The highest BCUT2D eigenvalue weighted by molar-refractivity contribution is 4.90. The fourth-order valence-electron chi connectivity index (χ4n) is 1.44. The van der Waals surface area contributed by atoms with Crippen molar-refractivity contribution < 1.29 is 9.47 Å². The molecule has 0 aliphatic carbocycles. The zero-order chi connectivity index (χ0) is 9.68. The van der Waals surface area contributed by atoms with Crippen LogP contribution in [0.25, 0.3) is 0 Å². The molecule has 0 unspecified atom stereocenters. The second kappa shape index (κ2) is 5.37. The normalized spacial score (nSPS) is 18.4. The Kier molecular flexibility index (Phi) is 4.42. The van der Waals surface area contributed by atoms with Crippen LogP contribution in [0.15, 0.2) is 12.2 Å². The van der Waals surface area contributed by atoms with Crippen LogP contribution in [-0.4, -0.2) is 44.5 Å². The number of hydrogen-bond donors (Lipinski definition) is 0. The molecule has 0 spiro atoms. The average molecular weight is 185 g/mol. The van der Waals surface area contributed by atoms with Crippen molar-refractivity contribution in [2.24, 2.45) is 0 Å². The highest BCUT2D eigenvalue weighted by atomic mass is 16.7. The van der Waals surface area contributed by atoms with Crippen LogP contribution in [0.1, 0.15) is 13.3 Å². The Labute approximate surface area is 80.3 Å². The van der Waals surface area contributed by atoms with Crippen LogP contribution >= 0.6 is 0 Å². The molecule has 1 aliphatic rings. The molecule has 0 bridgehead atoms. The van der Waals surface area contributed by atoms with Crippen molar-refractivity contribution in [2.75, 3.05) is 33.4 Å². The first-order chi connectivity index (χ1) is 6.18. The summed E-state index contributed by atoms with van der Waals surface area (Å²) in [5.74, 6) is 0. The van der Waals surface area contributed by atoms with Crippen molar-refractivity contribution in [3.8, 4) is 0 Å². The second-order valence-electron chi connectivity index (χ2n) is 3.65. The Morgan fingerprint density at radius 1 is 1.46 bits per heavy atom. The van der Waals surface area contributed by atoms with Gasteiger partial charge in [0.25, 0.3) is 0 Å². The summed E-state index contributed by atoms with van der Waals surface area (Å²) in [5, 5.41) is 0. The molecule has 1 rings (SSSR count). The summed E-state index contributed by atoms with van der Waals surface area (Å²) in [6.07, 6.45) is 0.969. The number of hydrogen-bond acceptors (Lipinski definition) is 3. The summed E-state index contributed by atoms with van der Waals surface area (Å²) in [7, 11) is 2.09. The van der Waals surface area contributed by atoms with Gasteiger partial charge >= 0.3 is 0 Å². The van der Waals surface area contributed by atoms with Crippen LogP contribution in [0.5, 0.6) is 0 Å². The molecule has 0 atom stereocenters. The third kappa shape index (κ3) is 4.41. The van der Waals surface area contributed by atoms with Crippen molar-refractivity contribution >= 4 is 0 Å². The quantitative estimate of drug-likeness (QED) is 0.602. The summed E-state index contributed by atoms with van der Waals surface area (Å²) in [4.78, 5) is 2.23. The summed E-state index contributed by atoms with van der Waals surface area (Å²) >= 11 is 0. The van der Waals surface area contributed by atoms with Gasteiger partial charge in [0.1, 0.15) is 0 Å². The lowest BCUT2D eigenvalue weighted by atomic mass is 10.3. The highest BCUT2D eigenvalue weighted by Gasteiger charge is 2.15. The minimum absolute atomic E-state index is 0.0209. The van der Waals surface area contributed by atoms with Gasteiger partial charge in [-0.3, -0.25) is 0 Å². The monoisotopic (exact) mass is 185 g/mol. The molecule has 0 amide bonds. The van der Waals surface area contributed by atoms with E-state index in [-0.39, 0.29) is 6.29 Å². The molecular weight excluding hydrogens is 166 g/mol. The Hall–Kier alpha value is -0.380. The lowest BCUT2D eigenvalue weighted by Crippen LogP contribution is -2.25. The SMILES string of the molecule is C=C(C)CN(C)CCC1OCCO1. The van der Waals surface area contributed by atoms with E-state index < -0.39 is 0 Å². The molecule has 1 fully saturated rings. The van der Waals surface area contributed by atoms with Gasteiger partial charge < -0.3 is 14.4 Å². The maximum absolute atomic E-state index is 5.34. The Morgan fingerprint density at radius 3 is 2.62 bits per heavy atom. The van der Waals surface area contributed by atoms with E-state index in [1.54, 1.807) is 0 Å². The van der Waals surface area contributed by atoms with Crippen molar-refractivity contribution in [1.29, 1.82) is 0 Å². The minimum Gasteiger partial charge on any atom is -0.350 e. The van der Waals surface area contributed by atoms with Crippen LogP contribution in [0, 0.1) is 0 Å². The van der Waals surface area contributed by atoms with Gasteiger partial charge in [-0.15, -0.1) is 0 Å². The standard InChI is InChI=1S/C10H19NO2/c1-9(2)8-11(3)5-4-10-12-6-7-13-10/h10H,1,4-8H2,2-3H3. The number of nitrogens with zero attached hydrogens (tertiary/aromatic N) is 1. The zero-order valence-corrected chi connectivity index (χ0v) is 8.58. The van der Waals surface area contributed by atoms with Crippen LogP contribution < -0.4 is 0 Å². The van der Waals surface area contributed by atoms with Gasteiger partial charge in [0.15, 0.2) is 6.29 Å². The third-order valence-corrected chi connectivity index (χ3v) is 1.98. The van der Waals surface area contributed by atoms with Gasteiger partial charge in [0, 0.05) is 19.5 Å². The first-order valence-corrected chi connectivity index (χ1v) is 4.74. The van der Waals surface area contributed by atoms with Crippen molar-refractivity contribution in [3.05, 3.63) is 12.2 Å². The molecule has 0 radical (unpaired) electrons. The van der Waals surface area contributed by atoms with Crippen LogP contribution in [0.4, 0.5) is 0 Å². The van der Waals surface area contributed by atoms with E-state index in [0.29, 0.717) is 0 Å². The fraction of sp³-hybridized carbons (Fsp3) is 0.800. The molecule has 0 N–H and O–H groups in total. The zero-order valence-electron chi connectivity index (χ0n) is 8.58. The average Bonchev–Trinajstić information content (AvgIpc) is 2.51. The van der Waals surface area contributed by atoms with E-state index in [9.17, 15) is 0 Å². The summed E-state index contributed by atoms with van der Waals surface area (Å²) in [6, 6.07) is 0. The Bertz CT molecular complexity index is 164. The largest absolute Gasteiger partial charge is 0.350 e. The molecular formula is C10H19NO2. The second-order valence-corrected chi connectivity index (χ2v) is 3.65. The molecule has 1 heterocycles. The van der Waals surface area contributed by atoms with Crippen LogP contribution in [0.2, 0.25) is 0 Å². The van der Waals surface area contributed by atoms with E-state index >= 15 is 0 Å². The molecule has 0 aromatic heterocycles. The van der Waals surface area contributed by atoms with Crippen LogP contribution in [0.3, 0.4) is 0 Å². The topological polar surface area (TPSA) is 21.7 Å². The lowest BCUT2D eigenvalue weighted by Gasteiger charge is -2.18. The van der Waals surface area contributed by atoms with Gasteiger partial charge in [-0.2, -0.15) is 0 Å². The molecule has 0 aromatic rings. The number of ether oxygens (including phenoxy) is 2. The van der Waals surface area contributed by atoms with Gasteiger partial charge in [0.05, 0.1) is 13.2 Å². The minimum atomic E-state index is 0.0209. The van der Waals surface area contributed by atoms with Gasteiger partial charge in [-0.05, 0) is 14.0 Å². The fourth-order valence-corrected chi connectivity index (χ4v) is 1.44. The first-order valence-electron chi connectivity index (χ1n) is 4.74. The van der Waals surface area contributed by atoms with E-state index in [2.05, 4.69) is 18.5 Å². The number of rotatable bonds is 5. The van der Waals surface area contributed by atoms with E-state index in [4.69, 9.17) is 9.47 Å². The Balaban J connectivity index is 2.06. The van der Waals surface area contributed by atoms with E-state index in [0.717, 1.165) is 32.7 Å². The van der Waals surface area contributed by atoms with Gasteiger partial charge in [0.2, 0.25) is 0 Å². The smallest absolute Gasteiger partial charge is 0.159 e. The van der Waals surface area contributed by atoms with Crippen molar-refractivity contribution in [3.63, 3.8) is 0 Å². The molecule has 1 saturated heterocycles. The van der Waals surface area contributed by atoms with Crippen molar-refractivity contribution in [1.82, 2.24) is 4.90 Å². The van der Waals surface area contributed by atoms with Gasteiger partial charge in [-0.25, -0.2) is 0 Å². The maximum atomic E-state index is 5.34. The Morgan fingerprint density at radius 2 is 2.08 bits per heavy atom. The molecule has 3 nitrogen and oxygen atoms in total. The predicted molar refractivity (Wildman–Crippen MR) is 52.6 cm³/mol. The summed E-state index contributed by atoms with van der Waals surface area (Å²) in [5.41, 5.74) is 1.19. The molecule has 3 heteroatoms. The van der Waals surface area contributed by atoms with E-state index in [1.807, 2.05) is 6.92 Å². The molecule has 0 saturated carbocycles. The lowest BCUT2D eigenvalue weighted by molar-refractivity contribution is -0.0502. The molecule has 1 aliphatic heterocycles. The summed E-state index contributed by atoms with van der Waals surface area (Å²) < 4.78 is 10.7. The molecule has 13 heavy (non-hydrogen) atoms. The maximum Gasteiger partial charge on any atom is 0.159 e. The van der Waals surface area contributed by atoms with Crippen LogP contribution in [-0.2, 0) is 9.47 Å².